The van der Waals surface area contributed by atoms with Gasteiger partial charge in [0, 0.05) is 19.8 Å². The molecular weight excluding hydrogens is 271 g/mol. The standard InChI is InChI=1S/C12H16F3N5/c1-4-20-7-10(8(2)17-20)16-6-9-5-11(12(13,14)15)18-19(9)3/h5,7,16H,4,6H2,1-3H3. The summed E-state index contributed by atoms with van der Waals surface area (Å²) in [7, 11) is 1.49. The van der Waals surface area contributed by atoms with Crippen LogP contribution in [0.3, 0.4) is 0 Å². The fourth-order valence-electron chi connectivity index (χ4n) is 1.85. The van der Waals surface area contributed by atoms with Crippen molar-refractivity contribution in [1.82, 2.24) is 19.6 Å². The molecule has 0 aliphatic heterocycles. The Labute approximate surface area is 114 Å². The van der Waals surface area contributed by atoms with E-state index in [1.807, 2.05) is 20.0 Å². The maximum atomic E-state index is 12.5. The molecule has 0 amide bonds. The van der Waals surface area contributed by atoms with E-state index in [0.717, 1.165) is 24.0 Å². The Balaban J connectivity index is 2.11. The Morgan fingerprint density at radius 1 is 1.30 bits per heavy atom. The highest BCUT2D eigenvalue weighted by Crippen LogP contribution is 2.28. The molecule has 2 aromatic heterocycles. The van der Waals surface area contributed by atoms with Crippen LogP contribution in [0.4, 0.5) is 18.9 Å². The van der Waals surface area contributed by atoms with Crippen LogP contribution in [-0.4, -0.2) is 19.6 Å². The Bertz CT molecular complexity index is 597. The SMILES string of the molecule is CCn1cc(NCc2cc(C(F)(F)F)nn2C)c(C)n1. The molecule has 2 rings (SSSR count). The van der Waals surface area contributed by atoms with Gasteiger partial charge in [-0.2, -0.15) is 23.4 Å². The van der Waals surface area contributed by atoms with Crippen LogP contribution in [0.5, 0.6) is 0 Å². The quantitative estimate of drug-likeness (QED) is 0.940. The molecule has 0 aliphatic carbocycles. The molecule has 0 bridgehead atoms. The van der Waals surface area contributed by atoms with Crippen molar-refractivity contribution in [3.8, 4) is 0 Å². The highest BCUT2D eigenvalue weighted by Gasteiger charge is 2.34. The number of hydrogen-bond acceptors (Lipinski definition) is 3. The van der Waals surface area contributed by atoms with Gasteiger partial charge in [0.1, 0.15) is 0 Å². The van der Waals surface area contributed by atoms with Crippen molar-refractivity contribution in [3.05, 3.63) is 29.3 Å². The molecule has 0 unspecified atom stereocenters. The summed E-state index contributed by atoms with van der Waals surface area (Å²) in [5, 5.41) is 10.8. The third kappa shape index (κ3) is 2.94. The number of rotatable bonds is 4. The number of halogens is 3. The number of aromatic nitrogens is 4. The van der Waals surface area contributed by atoms with Crippen molar-refractivity contribution in [3.63, 3.8) is 0 Å². The van der Waals surface area contributed by atoms with Gasteiger partial charge < -0.3 is 5.32 Å². The molecule has 0 saturated carbocycles. The molecule has 20 heavy (non-hydrogen) atoms. The molecule has 0 saturated heterocycles. The first-order chi connectivity index (χ1) is 9.31. The molecule has 0 aliphatic rings. The monoisotopic (exact) mass is 287 g/mol. The minimum atomic E-state index is -4.42. The fourth-order valence-corrected chi connectivity index (χ4v) is 1.85. The smallest absolute Gasteiger partial charge is 0.377 e. The number of anilines is 1. The summed E-state index contributed by atoms with van der Waals surface area (Å²) in [6, 6.07) is 1.05. The summed E-state index contributed by atoms with van der Waals surface area (Å²) in [5.41, 5.74) is 1.20. The number of nitrogens with one attached hydrogen (secondary N) is 1. The number of nitrogens with zero attached hydrogens (tertiary/aromatic N) is 4. The molecule has 2 heterocycles. The van der Waals surface area contributed by atoms with Crippen LogP contribution in [0, 0.1) is 6.92 Å². The van der Waals surface area contributed by atoms with Crippen molar-refractivity contribution in [1.29, 1.82) is 0 Å². The van der Waals surface area contributed by atoms with E-state index in [9.17, 15) is 13.2 Å². The second kappa shape index (κ2) is 5.18. The first kappa shape index (κ1) is 14.4. The maximum Gasteiger partial charge on any atom is 0.435 e. The molecule has 8 heteroatoms. The minimum absolute atomic E-state index is 0.260. The lowest BCUT2D eigenvalue weighted by Crippen LogP contribution is -2.07. The van der Waals surface area contributed by atoms with Gasteiger partial charge in [0.05, 0.1) is 23.6 Å². The third-order valence-electron chi connectivity index (χ3n) is 3.00. The summed E-state index contributed by atoms with van der Waals surface area (Å²) < 4.78 is 40.6. The third-order valence-corrected chi connectivity index (χ3v) is 3.00. The van der Waals surface area contributed by atoms with Gasteiger partial charge in [-0.15, -0.1) is 0 Å². The Kier molecular flexibility index (Phi) is 3.74. The van der Waals surface area contributed by atoms with Crippen LogP contribution in [0.25, 0.3) is 0 Å². The van der Waals surface area contributed by atoms with Crippen LogP contribution < -0.4 is 5.32 Å². The van der Waals surface area contributed by atoms with Crippen molar-refractivity contribution in [2.75, 3.05) is 5.32 Å². The average molecular weight is 287 g/mol. The molecule has 0 spiro atoms. The van der Waals surface area contributed by atoms with Crippen molar-refractivity contribution >= 4 is 5.69 Å². The fraction of sp³-hybridized carbons (Fsp3) is 0.500. The number of alkyl halides is 3. The van der Waals surface area contributed by atoms with E-state index >= 15 is 0 Å². The summed E-state index contributed by atoms with van der Waals surface area (Å²) in [4.78, 5) is 0. The van der Waals surface area contributed by atoms with Gasteiger partial charge in [0.25, 0.3) is 0 Å². The lowest BCUT2D eigenvalue weighted by Gasteiger charge is -2.04. The highest BCUT2D eigenvalue weighted by atomic mass is 19.4. The van der Waals surface area contributed by atoms with Gasteiger partial charge in [-0.05, 0) is 19.9 Å². The van der Waals surface area contributed by atoms with Crippen LogP contribution in [0.1, 0.15) is 24.0 Å². The van der Waals surface area contributed by atoms with Crippen LogP contribution in [0.15, 0.2) is 12.3 Å². The van der Waals surface area contributed by atoms with Crippen molar-refractivity contribution in [2.45, 2.75) is 33.1 Å². The summed E-state index contributed by atoms with van der Waals surface area (Å²) >= 11 is 0. The lowest BCUT2D eigenvalue weighted by molar-refractivity contribution is -0.141. The van der Waals surface area contributed by atoms with Gasteiger partial charge in [0.15, 0.2) is 5.69 Å². The second-order valence-electron chi connectivity index (χ2n) is 4.48. The zero-order valence-corrected chi connectivity index (χ0v) is 11.5. The lowest BCUT2D eigenvalue weighted by atomic mass is 10.3. The molecule has 2 aromatic rings. The largest absolute Gasteiger partial charge is 0.435 e. The molecule has 1 N–H and O–H groups in total. The topological polar surface area (TPSA) is 47.7 Å². The number of hydrogen-bond donors (Lipinski definition) is 1. The van der Waals surface area contributed by atoms with E-state index < -0.39 is 11.9 Å². The first-order valence-corrected chi connectivity index (χ1v) is 6.19. The Hall–Kier alpha value is -1.99. The van der Waals surface area contributed by atoms with Gasteiger partial charge in [0.2, 0.25) is 0 Å². The van der Waals surface area contributed by atoms with E-state index in [4.69, 9.17) is 0 Å². The molecule has 0 radical (unpaired) electrons. The second-order valence-corrected chi connectivity index (χ2v) is 4.48. The zero-order valence-electron chi connectivity index (χ0n) is 11.5. The van der Waals surface area contributed by atoms with E-state index in [1.54, 1.807) is 4.68 Å². The van der Waals surface area contributed by atoms with Crippen molar-refractivity contribution in [2.24, 2.45) is 7.05 Å². The molecule has 0 fully saturated rings. The average Bonchev–Trinajstić information content (AvgIpc) is 2.90. The molecular formula is C12H16F3N5. The highest BCUT2D eigenvalue weighted by molar-refractivity contribution is 5.45. The van der Waals surface area contributed by atoms with E-state index in [-0.39, 0.29) is 6.54 Å². The van der Waals surface area contributed by atoms with E-state index in [1.165, 1.54) is 11.7 Å². The summed E-state index contributed by atoms with van der Waals surface area (Å²) in [6.45, 7) is 4.81. The van der Waals surface area contributed by atoms with Crippen LogP contribution in [-0.2, 0) is 26.3 Å². The van der Waals surface area contributed by atoms with E-state index in [2.05, 4.69) is 15.5 Å². The van der Waals surface area contributed by atoms with E-state index in [0.29, 0.717) is 5.69 Å². The van der Waals surface area contributed by atoms with Gasteiger partial charge in [-0.25, -0.2) is 0 Å². The predicted octanol–water partition coefficient (Wildman–Crippen LogP) is 2.58. The first-order valence-electron chi connectivity index (χ1n) is 6.19. The summed E-state index contributed by atoms with van der Waals surface area (Å²) in [6.07, 6.45) is -2.59. The predicted molar refractivity (Wildman–Crippen MR) is 68.2 cm³/mol. The Morgan fingerprint density at radius 3 is 2.50 bits per heavy atom. The van der Waals surface area contributed by atoms with Crippen molar-refractivity contribution < 1.29 is 13.2 Å². The van der Waals surface area contributed by atoms with Crippen LogP contribution >= 0.6 is 0 Å². The van der Waals surface area contributed by atoms with Gasteiger partial charge in [-0.3, -0.25) is 9.36 Å². The molecule has 0 atom stereocenters. The Morgan fingerprint density at radius 2 is 2.00 bits per heavy atom. The van der Waals surface area contributed by atoms with Gasteiger partial charge >= 0.3 is 6.18 Å². The maximum absolute atomic E-state index is 12.5. The van der Waals surface area contributed by atoms with Crippen LogP contribution in [0.2, 0.25) is 0 Å². The van der Waals surface area contributed by atoms with Gasteiger partial charge in [-0.1, -0.05) is 0 Å². The zero-order chi connectivity index (χ0) is 14.9. The number of aryl methyl sites for hydroxylation is 3. The molecule has 110 valence electrons. The summed E-state index contributed by atoms with van der Waals surface area (Å²) in [5.74, 6) is 0. The molecule has 5 nitrogen and oxygen atoms in total. The minimum Gasteiger partial charge on any atom is -0.377 e. The molecule has 0 aromatic carbocycles. The normalized spacial score (nSPS) is 11.9.